The Morgan fingerprint density at radius 1 is 1.00 bits per heavy atom. The van der Waals surface area contributed by atoms with Gasteiger partial charge in [-0.25, -0.2) is 0 Å². The molecule has 1 aliphatic carbocycles. The molecule has 1 aliphatic rings. The first kappa shape index (κ1) is 10.7. The zero-order chi connectivity index (χ0) is 9.14. The van der Waals surface area contributed by atoms with Crippen LogP contribution in [0.4, 0.5) is 0 Å². The van der Waals surface area contributed by atoms with E-state index in [9.17, 15) is 0 Å². The summed E-state index contributed by atoms with van der Waals surface area (Å²) in [5, 5.41) is 0. The SMILES string of the molecule is CCC1=C(CC)C(CC)=[C]([Y])C1. The Morgan fingerprint density at radius 2 is 1.58 bits per heavy atom. The average molecular weight is 238 g/mol. The molecule has 0 aromatic heterocycles. The summed E-state index contributed by atoms with van der Waals surface area (Å²) in [7, 11) is 0. The molecule has 0 amide bonds. The first-order valence-electron chi connectivity index (χ1n) is 4.93. The van der Waals surface area contributed by atoms with E-state index in [0.717, 1.165) is 0 Å². The Bertz CT molecular complexity index is 233. The fraction of sp³-hybridized carbons (Fsp3) is 0.636. The molecule has 12 heavy (non-hydrogen) atoms. The second-order valence-electron chi connectivity index (χ2n) is 3.32. The molecule has 0 fully saturated rings. The third kappa shape index (κ3) is 1.91. The molecule has 0 atom stereocenters. The van der Waals surface area contributed by atoms with E-state index >= 15 is 0 Å². The van der Waals surface area contributed by atoms with Crippen LogP contribution in [0.5, 0.6) is 0 Å². The number of allylic oxidation sites excluding steroid dienone is 4. The van der Waals surface area contributed by atoms with Gasteiger partial charge in [0, 0.05) is 0 Å². The van der Waals surface area contributed by atoms with Crippen molar-refractivity contribution < 1.29 is 31.0 Å². The van der Waals surface area contributed by atoms with Gasteiger partial charge in [0.25, 0.3) is 0 Å². The van der Waals surface area contributed by atoms with Crippen LogP contribution in [0.25, 0.3) is 0 Å². The van der Waals surface area contributed by atoms with Crippen molar-refractivity contribution in [2.45, 2.75) is 46.5 Å². The van der Waals surface area contributed by atoms with Crippen molar-refractivity contribution in [3.05, 3.63) is 19.1 Å². The Balaban J connectivity index is 2.94. The summed E-state index contributed by atoms with van der Waals surface area (Å²) in [5.74, 6) is 0. The van der Waals surface area contributed by atoms with Gasteiger partial charge in [0.2, 0.25) is 0 Å². The number of hydrogen-bond acceptors (Lipinski definition) is 0. The minimum absolute atomic E-state index is 1.25. The maximum atomic E-state index is 2.29. The fourth-order valence-electron chi connectivity index (χ4n) is 2.09. The van der Waals surface area contributed by atoms with Gasteiger partial charge in [0.05, 0.1) is 0 Å². The normalized spacial score (nSPS) is 17.8. The van der Waals surface area contributed by atoms with Crippen LogP contribution in [0, 0.1) is 0 Å². The van der Waals surface area contributed by atoms with Crippen LogP contribution in [-0.2, 0) is 31.0 Å². The molecular weight excluding hydrogens is 221 g/mol. The first-order valence-corrected chi connectivity index (χ1v) is 6.35. The number of rotatable bonds is 3. The Hall–Kier alpha value is 0.584. The third-order valence-corrected chi connectivity index (χ3v) is 4.07. The maximum absolute atomic E-state index is 2.29. The van der Waals surface area contributed by atoms with Gasteiger partial charge >= 0.3 is 96.5 Å². The minimum atomic E-state index is 1.25. The van der Waals surface area contributed by atoms with Crippen molar-refractivity contribution in [1.82, 2.24) is 0 Å². The van der Waals surface area contributed by atoms with Crippen LogP contribution < -0.4 is 0 Å². The molecule has 0 aromatic carbocycles. The van der Waals surface area contributed by atoms with Gasteiger partial charge in [-0.3, -0.25) is 0 Å². The summed E-state index contributed by atoms with van der Waals surface area (Å²) in [6.45, 7) is 6.87. The molecule has 1 heteroatoms. The summed E-state index contributed by atoms with van der Waals surface area (Å²) in [6, 6.07) is 0. The van der Waals surface area contributed by atoms with E-state index in [-0.39, 0.29) is 0 Å². The zero-order valence-electron chi connectivity index (χ0n) is 8.41. The van der Waals surface area contributed by atoms with E-state index in [1.807, 2.05) is 0 Å². The van der Waals surface area contributed by atoms with Crippen LogP contribution in [0.3, 0.4) is 0 Å². The second-order valence-corrected chi connectivity index (χ2v) is 5.04. The van der Waals surface area contributed by atoms with Crippen molar-refractivity contribution >= 4 is 0 Å². The molecule has 0 nitrogen and oxygen atoms in total. The molecule has 0 N–H and O–H groups in total. The molecule has 0 heterocycles. The summed E-state index contributed by atoms with van der Waals surface area (Å²) in [4.78, 5) is 0. The Labute approximate surface area is 95.9 Å². The third-order valence-electron chi connectivity index (χ3n) is 2.72. The molecule has 0 saturated carbocycles. The van der Waals surface area contributed by atoms with E-state index in [1.165, 1.54) is 56.6 Å². The quantitative estimate of drug-likeness (QED) is 0.703. The molecule has 1 rings (SSSR count). The predicted molar refractivity (Wildman–Crippen MR) is 49.5 cm³/mol. The summed E-state index contributed by atoms with van der Waals surface area (Å²) in [6.07, 6.45) is 5.07. The van der Waals surface area contributed by atoms with E-state index in [0.29, 0.717) is 0 Å². The fourth-order valence-corrected chi connectivity index (χ4v) is 3.63. The summed E-state index contributed by atoms with van der Waals surface area (Å²) < 4.78 is 1.75. The molecule has 0 bridgehead atoms. The van der Waals surface area contributed by atoms with Crippen molar-refractivity contribution in [3.63, 3.8) is 0 Å². The molecular formula is C11H17Y. The summed E-state index contributed by atoms with van der Waals surface area (Å²) in [5.41, 5.74) is 5.12. The molecule has 0 saturated heterocycles. The van der Waals surface area contributed by atoms with Crippen LogP contribution in [0.2, 0.25) is 0 Å². The zero-order valence-corrected chi connectivity index (χ0v) is 11.2. The van der Waals surface area contributed by atoms with E-state index in [2.05, 4.69) is 20.8 Å². The van der Waals surface area contributed by atoms with Crippen molar-refractivity contribution in [3.8, 4) is 0 Å². The summed E-state index contributed by atoms with van der Waals surface area (Å²) >= 11 is 1.33. The van der Waals surface area contributed by atoms with Crippen LogP contribution in [-0.4, -0.2) is 0 Å². The van der Waals surface area contributed by atoms with Crippen molar-refractivity contribution in [2.75, 3.05) is 0 Å². The second kappa shape index (κ2) is 4.72. The van der Waals surface area contributed by atoms with Crippen LogP contribution in [0.1, 0.15) is 46.5 Å². The van der Waals surface area contributed by atoms with Gasteiger partial charge in [-0.05, 0) is 0 Å². The monoisotopic (exact) mass is 238 g/mol. The van der Waals surface area contributed by atoms with Gasteiger partial charge in [0.15, 0.2) is 0 Å². The standard InChI is InChI=1S/C11H17.Y/c1-4-9-7-8-10(5-2)11(9)6-3;/h4-7H2,1-3H3;. The Morgan fingerprint density at radius 3 is 2.00 bits per heavy atom. The average Bonchev–Trinajstić information content (AvgIpc) is 2.40. The number of hydrogen-bond donors (Lipinski definition) is 0. The van der Waals surface area contributed by atoms with Gasteiger partial charge < -0.3 is 0 Å². The van der Waals surface area contributed by atoms with Crippen molar-refractivity contribution in [2.24, 2.45) is 0 Å². The molecule has 0 aromatic rings. The molecule has 0 radical (unpaired) electrons. The molecule has 0 spiro atoms. The molecule has 0 aliphatic heterocycles. The first-order chi connectivity index (χ1) is 5.74. The van der Waals surface area contributed by atoms with Gasteiger partial charge in [-0.2, -0.15) is 0 Å². The molecule has 64 valence electrons. The van der Waals surface area contributed by atoms with Gasteiger partial charge in [0.1, 0.15) is 0 Å². The van der Waals surface area contributed by atoms with E-state index in [4.69, 9.17) is 0 Å². The van der Waals surface area contributed by atoms with Crippen LogP contribution >= 0.6 is 0 Å². The van der Waals surface area contributed by atoms with Crippen LogP contribution in [0.15, 0.2) is 19.1 Å². The van der Waals surface area contributed by atoms with E-state index in [1.54, 1.807) is 19.1 Å². The van der Waals surface area contributed by atoms with E-state index < -0.39 is 0 Å². The van der Waals surface area contributed by atoms with Gasteiger partial charge in [-0.1, -0.05) is 0 Å². The topological polar surface area (TPSA) is 0 Å². The van der Waals surface area contributed by atoms with Gasteiger partial charge in [-0.15, -0.1) is 0 Å². The Kier molecular flexibility index (Phi) is 4.19. The van der Waals surface area contributed by atoms with Crippen molar-refractivity contribution in [1.29, 1.82) is 0 Å². The molecule has 0 unspecified atom stereocenters. The predicted octanol–water partition coefficient (Wildman–Crippen LogP) is 3.72.